The van der Waals surface area contributed by atoms with Gasteiger partial charge >= 0.3 is 0 Å². The molecule has 0 unspecified atom stereocenters. The summed E-state index contributed by atoms with van der Waals surface area (Å²) in [5, 5.41) is 1.63. The highest BCUT2D eigenvalue weighted by molar-refractivity contribution is 7.86. The highest BCUT2D eigenvalue weighted by Gasteiger charge is 2.18. The van der Waals surface area contributed by atoms with Crippen molar-refractivity contribution in [1.82, 2.24) is 0 Å². The maximum atomic E-state index is 11.5. The molecule has 2 rings (SSSR count). The van der Waals surface area contributed by atoms with E-state index in [1.54, 1.807) is 6.07 Å². The summed E-state index contributed by atoms with van der Waals surface area (Å²) in [7, 11) is -2.89. The maximum absolute atomic E-state index is 11.5. The van der Waals surface area contributed by atoms with Crippen LogP contribution in [0.1, 0.15) is 89.5 Å². The Kier molecular flexibility index (Phi) is 10.7. The van der Waals surface area contributed by atoms with E-state index in [1.807, 2.05) is 12.1 Å². The Morgan fingerprint density at radius 3 is 1.90 bits per heavy atom. The van der Waals surface area contributed by atoms with Crippen LogP contribution in [0, 0.1) is 0 Å². The standard InChI is InChI=1S/C25H38O4S/c1-3-4-5-6-7-8-9-10-11-12-13-14-15-21-16-18-23-22(20-21)17-19-24(25(23)29-2)30(26,27)28/h16-20H,3-15H2,1-2H3,(H,26,27,28). The van der Waals surface area contributed by atoms with E-state index in [-0.39, 0.29) is 10.6 Å². The molecule has 0 aliphatic carbocycles. The van der Waals surface area contributed by atoms with Crippen molar-refractivity contribution in [1.29, 1.82) is 0 Å². The minimum atomic E-state index is -4.31. The van der Waals surface area contributed by atoms with Crippen molar-refractivity contribution in [2.45, 2.75) is 95.3 Å². The minimum Gasteiger partial charge on any atom is -0.495 e. The molecule has 0 aliphatic heterocycles. The molecule has 1 N–H and O–H groups in total. The minimum absolute atomic E-state index is 0.189. The van der Waals surface area contributed by atoms with Crippen LogP contribution in [0.15, 0.2) is 35.2 Å². The van der Waals surface area contributed by atoms with Gasteiger partial charge in [-0.25, -0.2) is 0 Å². The van der Waals surface area contributed by atoms with E-state index < -0.39 is 10.1 Å². The fourth-order valence-electron chi connectivity index (χ4n) is 4.07. The van der Waals surface area contributed by atoms with Gasteiger partial charge in [0, 0.05) is 5.39 Å². The first-order chi connectivity index (χ1) is 14.5. The lowest BCUT2D eigenvalue weighted by Crippen LogP contribution is -2.02. The van der Waals surface area contributed by atoms with E-state index in [0.29, 0.717) is 5.39 Å². The lowest BCUT2D eigenvalue weighted by Gasteiger charge is -2.11. The van der Waals surface area contributed by atoms with Crippen molar-refractivity contribution in [2.24, 2.45) is 0 Å². The van der Waals surface area contributed by atoms with Crippen LogP contribution in [0.5, 0.6) is 5.75 Å². The molecule has 0 saturated heterocycles. The molecule has 5 heteroatoms. The molecule has 0 bridgehead atoms. The van der Waals surface area contributed by atoms with E-state index in [1.165, 1.54) is 95.8 Å². The molecule has 0 saturated carbocycles. The number of methoxy groups -OCH3 is 1. The summed E-state index contributed by atoms with van der Waals surface area (Å²) in [6, 6.07) is 9.14. The number of hydrogen-bond donors (Lipinski definition) is 1. The van der Waals surface area contributed by atoms with Crippen LogP contribution in [0.2, 0.25) is 0 Å². The van der Waals surface area contributed by atoms with Crippen molar-refractivity contribution in [3.8, 4) is 5.75 Å². The van der Waals surface area contributed by atoms with Gasteiger partial charge in [0.25, 0.3) is 10.1 Å². The number of benzene rings is 2. The predicted molar refractivity (Wildman–Crippen MR) is 125 cm³/mol. The maximum Gasteiger partial charge on any atom is 0.298 e. The number of unbranched alkanes of at least 4 members (excludes halogenated alkanes) is 11. The second-order valence-electron chi connectivity index (χ2n) is 8.27. The first-order valence-corrected chi connectivity index (χ1v) is 13.0. The zero-order valence-electron chi connectivity index (χ0n) is 18.7. The Hall–Kier alpha value is -1.59. The van der Waals surface area contributed by atoms with Gasteiger partial charge in [0.05, 0.1) is 7.11 Å². The SMILES string of the molecule is CCCCCCCCCCCCCCc1ccc2c(OC)c(S(=O)(=O)O)ccc2c1. The van der Waals surface area contributed by atoms with E-state index in [2.05, 4.69) is 13.0 Å². The summed E-state index contributed by atoms with van der Waals surface area (Å²) in [6.07, 6.45) is 17.1. The molecule has 2 aromatic rings. The predicted octanol–water partition coefficient (Wildman–Crippen LogP) is 7.34. The fourth-order valence-corrected chi connectivity index (χ4v) is 4.74. The second kappa shape index (κ2) is 13.0. The van der Waals surface area contributed by atoms with Gasteiger partial charge in [-0.15, -0.1) is 0 Å². The molecule has 0 aromatic heterocycles. The molecule has 0 atom stereocenters. The van der Waals surface area contributed by atoms with Crippen LogP contribution in [-0.4, -0.2) is 20.1 Å². The van der Waals surface area contributed by atoms with Crippen LogP contribution < -0.4 is 4.74 Å². The van der Waals surface area contributed by atoms with E-state index in [4.69, 9.17) is 4.74 Å². The number of aryl methyl sites for hydroxylation is 1. The van der Waals surface area contributed by atoms with E-state index in [9.17, 15) is 13.0 Å². The van der Waals surface area contributed by atoms with E-state index >= 15 is 0 Å². The van der Waals surface area contributed by atoms with Crippen LogP contribution in [0.4, 0.5) is 0 Å². The third-order valence-electron chi connectivity index (χ3n) is 5.80. The third kappa shape index (κ3) is 7.92. The number of ether oxygens (including phenoxy) is 1. The number of hydrogen-bond acceptors (Lipinski definition) is 3. The Morgan fingerprint density at radius 1 is 0.800 bits per heavy atom. The zero-order chi connectivity index (χ0) is 21.8. The topological polar surface area (TPSA) is 63.6 Å². The lowest BCUT2D eigenvalue weighted by molar-refractivity contribution is 0.402. The highest BCUT2D eigenvalue weighted by atomic mass is 32.2. The Bertz CT molecular complexity index is 874. The van der Waals surface area contributed by atoms with Gasteiger partial charge in [0.2, 0.25) is 0 Å². The van der Waals surface area contributed by atoms with Crippen LogP contribution in [-0.2, 0) is 16.5 Å². The molecule has 0 aliphatic rings. The lowest BCUT2D eigenvalue weighted by atomic mass is 10.0. The molecule has 168 valence electrons. The van der Waals surface area contributed by atoms with Gasteiger partial charge in [-0.3, -0.25) is 4.55 Å². The van der Waals surface area contributed by atoms with Crippen molar-refractivity contribution < 1.29 is 17.7 Å². The number of fused-ring (bicyclic) bond motifs is 1. The molecule has 30 heavy (non-hydrogen) atoms. The highest BCUT2D eigenvalue weighted by Crippen LogP contribution is 2.33. The van der Waals surface area contributed by atoms with Gasteiger partial charge in [-0.05, 0) is 29.9 Å². The van der Waals surface area contributed by atoms with Crippen molar-refractivity contribution in [3.63, 3.8) is 0 Å². The summed E-state index contributed by atoms with van der Waals surface area (Å²) >= 11 is 0. The van der Waals surface area contributed by atoms with Gasteiger partial charge in [0.1, 0.15) is 10.6 Å². The van der Waals surface area contributed by atoms with Gasteiger partial charge in [-0.2, -0.15) is 8.42 Å². The first kappa shape index (κ1) is 24.7. The van der Waals surface area contributed by atoms with Gasteiger partial charge in [0.15, 0.2) is 0 Å². The molecule has 4 nitrogen and oxygen atoms in total. The summed E-state index contributed by atoms with van der Waals surface area (Å²) in [6.45, 7) is 2.26. The number of rotatable bonds is 15. The summed E-state index contributed by atoms with van der Waals surface area (Å²) in [5.74, 6) is 0.201. The normalized spacial score (nSPS) is 11.8. The van der Waals surface area contributed by atoms with Crippen molar-refractivity contribution in [2.75, 3.05) is 7.11 Å². The first-order valence-electron chi connectivity index (χ1n) is 11.5. The largest absolute Gasteiger partial charge is 0.495 e. The zero-order valence-corrected chi connectivity index (χ0v) is 19.5. The third-order valence-corrected chi connectivity index (χ3v) is 6.68. The quantitative estimate of drug-likeness (QED) is 0.235. The van der Waals surface area contributed by atoms with Crippen molar-refractivity contribution >= 4 is 20.9 Å². The molecule has 0 heterocycles. The molecular formula is C25H38O4S. The average Bonchev–Trinajstić information content (AvgIpc) is 2.72. The molecule has 0 spiro atoms. The summed E-state index contributed by atoms with van der Waals surface area (Å²) in [4.78, 5) is -0.189. The molecular weight excluding hydrogens is 396 g/mol. The van der Waals surface area contributed by atoms with Gasteiger partial charge < -0.3 is 4.74 Å². The molecule has 0 radical (unpaired) electrons. The Labute approximate surface area is 182 Å². The monoisotopic (exact) mass is 434 g/mol. The van der Waals surface area contributed by atoms with Gasteiger partial charge in [-0.1, -0.05) is 102 Å². The molecule has 0 fully saturated rings. The average molecular weight is 435 g/mol. The van der Waals surface area contributed by atoms with Crippen LogP contribution in [0.3, 0.4) is 0 Å². The Balaban J connectivity index is 1.72. The van der Waals surface area contributed by atoms with Crippen LogP contribution >= 0.6 is 0 Å². The molecule has 0 amide bonds. The van der Waals surface area contributed by atoms with Crippen LogP contribution in [0.25, 0.3) is 10.8 Å². The summed E-state index contributed by atoms with van der Waals surface area (Å²) in [5.41, 5.74) is 1.25. The summed E-state index contributed by atoms with van der Waals surface area (Å²) < 4.78 is 37.7. The van der Waals surface area contributed by atoms with Crippen molar-refractivity contribution in [3.05, 3.63) is 35.9 Å². The molecule has 2 aromatic carbocycles. The fraction of sp³-hybridized carbons (Fsp3) is 0.600. The van der Waals surface area contributed by atoms with E-state index in [0.717, 1.165) is 11.8 Å². The Morgan fingerprint density at radius 2 is 1.37 bits per heavy atom. The smallest absolute Gasteiger partial charge is 0.298 e. The second-order valence-corrected chi connectivity index (χ2v) is 9.66.